The third kappa shape index (κ3) is 3.41. The van der Waals surface area contributed by atoms with Crippen molar-refractivity contribution in [2.45, 2.75) is 51.1 Å². The first-order valence-electron chi connectivity index (χ1n) is 6.95. The number of nitrogens with zero attached hydrogens (tertiary/aromatic N) is 1. The van der Waals surface area contributed by atoms with Crippen LogP contribution in [0, 0.1) is 17.0 Å². The molecular weight excluding hydrogens is 278 g/mol. The van der Waals surface area contributed by atoms with Gasteiger partial charge < -0.3 is 11.1 Å². The number of aryl methyl sites for hydroxylation is 1. The average molecular weight is 298 g/mol. The van der Waals surface area contributed by atoms with Crippen LogP contribution in [-0.2, 0) is 0 Å². The maximum absolute atomic E-state index is 10.9. The van der Waals surface area contributed by atoms with Crippen LogP contribution in [0.2, 0.25) is 5.02 Å². The standard InChI is InChI=1S/C14H20ClN3O2/c1-9-7-14(18(19)20)10(15)8-13(9)17-12-6-4-2-3-5-11(12)16/h7-8,11-12,17H,2-6,16H2,1H3. The SMILES string of the molecule is Cc1cc([N+](=O)[O-])c(Cl)cc1NC1CCCCCC1N. The van der Waals surface area contributed by atoms with Gasteiger partial charge in [0.1, 0.15) is 5.02 Å². The van der Waals surface area contributed by atoms with Crippen molar-refractivity contribution in [2.75, 3.05) is 5.32 Å². The number of hydrogen-bond acceptors (Lipinski definition) is 4. The summed E-state index contributed by atoms with van der Waals surface area (Å²) in [6, 6.07) is 3.46. The molecule has 110 valence electrons. The molecule has 0 aliphatic heterocycles. The van der Waals surface area contributed by atoms with Crippen LogP contribution >= 0.6 is 11.6 Å². The van der Waals surface area contributed by atoms with Gasteiger partial charge in [0.25, 0.3) is 5.69 Å². The topological polar surface area (TPSA) is 81.2 Å². The third-order valence-corrected chi connectivity index (χ3v) is 4.20. The van der Waals surface area contributed by atoms with Gasteiger partial charge in [0.05, 0.1) is 4.92 Å². The van der Waals surface area contributed by atoms with Crippen LogP contribution < -0.4 is 11.1 Å². The Labute approximate surface area is 123 Å². The summed E-state index contributed by atoms with van der Waals surface area (Å²) in [4.78, 5) is 10.4. The molecule has 1 aliphatic carbocycles. The van der Waals surface area contributed by atoms with Crippen molar-refractivity contribution in [1.29, 1.82) is 0 Å². The lowest BCUT2D eigenvalue weighted by Gasteiger charge is -2.25. The van der Waals surface area contributed by atoms with Crippen molar-refractivity contribution in [1.82, 2.24) is 0 Å². The Hall–Kier alpha value is -1.33. The summed E-state index contributed by atoms with van der Waals surface area (Å²) in [5.41, 5.74) is 7.79. The van der Waals surface area contributed by atoms with Crippen LogP contribution in [0.25, 0.3) is 0 Å². The highest BCUT2D eigenvalue weighted by molar-refractivity contribution is 6.33. The second-order valence-electron chi connectivity index (χ2n) is 5.43. The summed E-state index contributed by atoms with van der Waals surface area (Å²) in [5.74, 6) is 0. The average Bonchev–Trinajstić information content (AvgIpc) is 2.58. The normalized spacial score (nSPS) is 23.1. The lowest BCUT2D eigenvalue weighted by molar-refractivity contribution is -0.384. The van der Waals surface area contributed by atoms with E-state index in [1.54, 1.807) is 6.07 Å². The van der Waals surface area contributed by atoms with E-state index in [-0.39, 0.29) is 22.8 Å². The Morgan fingerprint density at radius 1 is 1.35 bits per heavy atom. The lowest BCUT2D eigenvalue weighted by Crippen LogP contribution is -2.39. The maximum Gasteiger partial charge on any atom is 0.288 e. The Balaban J connectivity index is 2.20. The van der Waals surface area contributed by atoms with Crippen molar-refractivity contribution < 1.29 is 4.92 Å². The van der Waals surface area contributed by atoms with Gasteiger partial charge in [-0.2, -0.15) is 0 Å². The Morgan fingerprint density at radius 2 is 2.05 bits per heavy atom. The second-order valence-corrected chi connectivity index (χ2v) is 5.84. The van der Waals surface area contributed by atoms with Crippen molar-refractivity contribution in [3.05, 3.63) is 32.8 Å². The fourth-order valence-electron chi connectivity index (χ4n) is 2.68. The van der Waals surface area contributed by atoms with Gasteiger partial charge in [-0.05, 0) is 31.4 Å². The number of benzene rings is 1. The van der Waals surface area contributed by atoms with Crippen LogP contribution in [0.15, 0.2) is 12.1 Å². The van der Waals surface area contributed by atoms with E-state index < -0.39 is 4.92 Å². The van der Waals surface area contributed by atoms with E-state index in [1.807, 2.05) is 6.92 Å². The summed E-state index contributed by atoms with van der Waals surface area (Å²) >= 11 is 5.97. The minimum atomic E-state index is -0.462. The molecule has 0 spiro atoms. The van der Waals surface area contributed by atoms with Crippen LogP contribution in [0.4, 0.5) is 11.4 Å². The molecule has 20 heavy (non-hydrogen) atoms. The Morgan fingerprint density at radius 3 is 2.75 bits per heavy atom. The number of nitro groups is 1. The van der Waals surface area contributed by atoms with Gasteiger partial charge in [0, 0.05) is 23.8 Å². The highest BCUT2D eigenvalue weighted by Gasteiger charge is 2.22. The molecule has 1 fully saturated rings. The first-order chi connectivity index (χ1) is 9.49. The fraction of sp³-hybridized carbons (Fsp3) is 0.571. The molecule has 2 rings (SSSR count). The van der Waals surface area contributed by atoms with E-state index in [1.165, 1.54) is 18.9 Å². The highest BCUT2D eigenvalue weighted by atomic mass is 35.5. The third-order valence-electron chi connectivity index (χ3n) is 3.90. The highest BCUT2D eigenvalue weighted by Crippen LogP contribution is 2.32. The van der Waals surface area contributed by atoms with Gasteiger partial charge >= 0.3 is 0 Å². The molecular formula is C14H20ClN3O2. The van der Waals surface area contributed by atoms with Crippen molar-refractivity contribution in [2.24, 2.45) is 5.73 Å². The van der Waals surface area contributed by atoms with Crippen LogP contribution in [-0.4, -0.2) is 17.0 Å². The molecule has 1 aliphatic rings. The van der Waals surface area contributed by atoms with Crippen molar-refractivity contribution in [3.63, 3.8) is 0 Å². The van der Waals surface area contributed by atoms with E-state index in [0.717, 1.165) is 30.5 Å². The summed E-state index contributed by atoms with van der Waals surface area (Å²) in [5, 5.41) is 14.4. The summed E-state index contributed by atoms with van der Waals surface area (Å²) in [7, 11) is 0. The summed E-state index contributed by atoms with van der Waals surface area (Å²) < 4.78 is 0. The summed E-state index contributed by atoms with van der Waals surface area (Å²) in [6.45, 7) is 1.84. The predicted octanol–water partition coefficient (Wildman–Crippen LogP) is 3.63. The first-order valence-corrected chi connectivity index (χ1v) is 7.33. The van der Waals surface area contributed by atoms with E-state index in [0.29, 0.717) is 0 Å². The Kier molecular flexibility index (Phi) is 4.83. The molecule has 3 N–H and O–H groups in total. The largest absolute Gasteiger partial charge is 0.380 e. The number of nitro benzene ring substituents is 1. The molecule has 1 aromatic rings. The van der Waals surface area contributed by atoms with E-state index >= 15 is 0 Å². The quantitative estimate of drug-likeness (QED) is 0.507. The molecule has 0 radical (unpaired) electrons. The van der Waals surface area contributed by atoms with Gasteiger partial charge in [0.15, 0.2) is 0 Å². The predicted molar refractivity (Wildman–Crippen MR) is 81.3 cm³/mol. The molecule has 0 heterocycles. The van der Waals surface area contributed by atoms with Gasteiger partial charge in [-0.25, -0.2) is 0 Å². The van der Waals surface area contributed by atoms with E-state index in [9.17, 15) is 10.1 Å². The number of nitrogens with two attached hydrogens (primary N) is 1. The molecule has 1 saturated carbocycles. The molecule has 2 unspecified atom stereocenters. The lowest BCUT2D eigenvalue weighted by atomic mass is 10.0. The van der Waals surface area contributed by atoms with Crippen LogP contribution in [0.1, 0.15) is 37.7 Å². The zero-order valence-electron chi connectivity index (χ0n) is 11.6. The molecule has 6 heteroatoms. The first kappa shape index (κ1) is 15.1. The number of nitrogens with one attached hydrogen (secondary N) is 1. The summed E-state index contributed by atoms with van der Waals surface area (Å²) in [6.07, 6.45) is 5.57. The van der Waals surface area contributed by atoms with E-state index in [2.05, 4.69) is 5.32 Å². The molecule has 5 nitrogen and oxygen atoms in total. The minimum Gasteiger partial charge on any atom is -0.380 e. The van der Waals surface area contributed by atoms with Gasteiger partial charge in [0.2, 0.25) is 0 Å². The zero-order valence-corrected chi connectivity index (χ0v) is 12.3. The molecule has 2 atom stereocenters. The molecule has 0 aromatic heterocycles. The fourth-order valence-corrected chi connectivity index (χ4v) is 2.91. The molecule has 0 bridgehead atoms. The van der Waals surface area contributed by atoms with Gasteiger partial charge in [-0.1, -0.05) is 30.9 Å². The van der Waals surface area contributed by atoms with Crippen LogP contribution in [0.3, 0.4) is 0 Å². The number of hydrogen-bond donors (Lipinski definition) is 2. The molecule has 0 saturated heterocycles. The zero-order chi connectivity index (χ0) is 14.7. The smallest absolute Gasteiger partial charge is 0.288 e. The monoisotopic (exact) mass is 297 g/mol. The minimum absolute atomic E-state index is 0.0557. The van der Waals surface area contributed by atoms with E-state index in [4.69, 9.17) is 17.3 Å². The van der Waals surface area contributed by atoms with Gasteiger partial charge in [-0.15, -0.1) is 0 Å². The number of rotatable bonds is 3. The second kappa shape index (κ2) is 6.41. The number of anilines is 1. The van der Waals surface area contributed by atoms with Gasteiger partial charge in [-0.3, -0.25) is 10.1 Å². The van der Waals surface area contributed by atoms with Crippen molar-refractivity contribution >= 4 is 23.0 Å². The number of halogens is 1. The molecule has 0 amide bonds. The maximum atomic E-state index is 10.9. The Bertz CT molecular complexity index is 507. The molecule has 1 aromatic carbocycles. The van der Waals surface area contributed by atoms with Crippen molar-refractivity contribution in [3.8, 4) is 0 Å². The van der Waals surface area contributed by atoms with Crippen LogP contribution in [0.5, 0.6) is 0 Å².